The number of carbonyl (C=O) groups excluding carboxylic acids is 3. The summed E-state index contributed by atoms with van der Waals surface area (Å²) in [6.07, 6.45) is 1.72. The number of amides is 2. The van der Waals surface area contributed by atoms with Gasteiger partial charge in [-0.1, -0.05) is 13.8 Å². The molecule has 2 rings (SSSR count). The third-order valence-electron chi connectivity index (χ3n) is 4.53. The lowest BCUT2D eigenvalue weighted by Crippen LogP contribution is -2.42. The highest BCUT2D eigenvalue weighted by molar-refractivity contribution is 5.97. The van der Waals surface area contributed by atoms with Crippen LogP contribution in [0.3, 0.4) is 0 Å². The number of carbonyl (C=O) groups is 3. The second kappa shape index (κ2) is 6.04. The Balaban J connectivity index is 1.96. The highest BCUT2D eigenvalue weighted by atomic mass is 16.3. The number of hydrogen-bond acceptors (Lipinski definition) is 4. The van der Waals surface area contributed by atoms with E-state index < -0.39 is 6.10 Å². The molecule has 0 unspecified atom stereocenters. The summed E-state index contributed by atoms with van der Waals surface area (Å²) in [5.41, 5.74) is 0. The third kappa shape index (κ3) is 3.45. The van der Waals surface area contributed by atoms with Crippen LogP contribution in [-0.2, 0) is 14.4 Å². The number of rotatable bonds is 3. The fourth-order valence-electron chi connectivity index (χ4n) is 3.60. The molecular formula is C15H23NO4. The van der Waals surface area contributed by atoms with Crippen LogP contribution in [-0.4, -0.2) is 28.8 Å². The van der Waals surface area contributed by atoms with Gasteiger partial charge in [-0.25, -0.2) is 0 Å². The molecule has 1 aliphatic heterocycles. The number of aliphatic hydroxyl groups excluding tert-OH is 1. The van der Waals surface area contributed by atoms with Gasteiger partial charge in [0.25, 0.3) is 0 Å². The molecule has 1 heterocycles. The predicted molar refractivity (Wildman–Crippen MR) is 72.6 cm³/mol. The van der Waals surface area contributed by atoms with Crippen LogP contribution in [0.2, 0.25) is 0 Å². The molecule has 5 nitrogen and oxygen atoms in total. The van der Waals surface area contributed by atoms with E-state index in [0.29, 0.717) is 18.8 Å². The minimum absolute atomic E-state index is 0.00492. The van der Waals surface area contributed by atoms with Crippen molar-refractivity contribution in [2.75, 3.05) is 0 Å². The molecule has 0 aromatic rings. The van der Waals surface area contributed by atoms with E-state index in [-0.39, 0.29) is 48.2 Å². The summed E-state index contributed by atoms with van der Waals surface area (Å²) in [6, 6.07) is 0. The zero-order chi connectivity index (χ0) is 14.9. The Hall–Kier alpha value is -1.23. The van der Waals surface area contributed by atoms with Crippen LogP contribution in [0.1, 0.15) is 46.0 Å². The molecule has 4 atom stereocenters. The van der Waals surface area contributed by atoms with Crippen LogP contribution < -0.4 is 5.32 Å². The van der Waals surface area contributed by atoms with E-state index in [2.05, 4.69) is 12.2 Å². The fraction of sp³-hybridized carbons (Fsp3) is 0.800. The van der Waals surface area contributed by atoms with Gasteiger partial charge in [0.05, 0.1) is 6.10 Å². The molecular weight excluding hydrogens is 258 g/mol. The topological polar surface area (TPSA) is 83.5 Å². The molecule has 20 heavy (non-hydrogen) atoms. The first kappa shape index (κ1) is 15.2. The maximum Gasteiger partial charge on any atom is 0.226 e. The van der Waals surface area contributed by atoms with Gasteiger partial charge in [0, 0.05) is 24.7 Å². The van der Waals surface area contributed by atoms with Gasteiger partial charge in [0.15, 0.2) is 0 Å². The Morgan fingerprint density at radius 2 is 1.75 bits per heavy atom. The normalized spacial score (nSPS) is 34.0. The van der Waals surface area contributed by atoms with E-state index in [9.17, 15) is 19.5 Å². The third-order valence-corrected chi connectivity index (χ3v) is 4.53. The van der Waals surface area contributed by atoms with Crippen molar-refractivity contribution in [2.45, 2.75) is 52.1 Å². The van der Waals surface area contributed by atoms with Gasteiger partial charge in [-0.2, -0.15) is 0 Å². The molecule has 112 valence electrons. The quantitative estimate of drug-likeness (QED) is 0.757. The van der Waals surface area contributed by atoms with E-state index in [0.717, 1.165) is 6.42 Å². The molecule has 2 fully saturated rings. The van der Waals surface area contributed by atoms with E-state index in [1.165, 1.54) is 0 Å². The van der Waals surface area contributed by atoms with Crippen molar-refractivity contribution in [3.8, 4) is 0 Å². The summed E-state index contributed by atoms with van der Waals surface area (Å²) in [5, 5.41) is 12.6. The van der Waals surface area contributed by atoms with E-state index in [1.807, 2.05) is 6.92 Å². The van der Waals surface area contributed by atoms with Crippen molar-refractivity contribution in [1.29, 1.82) is 0 Å². The largest absolute Gasteiger partial charge is 0.392 e. The van der Waals surface area contributed by atoms with Crippen molar-refractivity contribution in [3.63, 3.8) is 0 Å². The highest BCUT2D eigenvalue weighted by Crippen LogP contribution is 2.34. The van der Waals surface area contributed by atoms with Crippen molar-refractivity contribution in [3.05, 3.63) is 0 Å². The zero-order valence-electron chi connectivity index (χ0n) is 12.1. The van der Waals surface area contributed by atoms with Gasteiger partial charge < -0.3 is 5.11 Å². The molecule has 1 saturated carbocycles. The Morgan fingerprint density at radius 3 is 2.35 bits per heavy atom. The van der Waals surface area contributed by atoms with Gasteiger partial charge in [-0.3, -0.25) is 19.7 Å². The number of nitrogens with one attached hydrogen (secondary N) is 1. The Morgan fingerprint density at radius 1 is 1.15 bits per heavy atom. The molecule has 0 aromatic carbocycles. The Bertz CT molecular complexity index is 404. The van der Waals surface area contributed by atoms with Crippen molar-refractivity contribution >= 4 is 17.6 Å². The Kier molecular flexibility index (Phi) is 4.58. The van der Waals surface area contributed by atoms with Gasteiger partial charge in [-0.15, -0.1) is 0 Å². The van der Waals surface area contributed by atoms with Crippen LogP contribution in [0.5, 0.6) is 0 Å². The van der Waals surface area contributed by atoms with E-state index >= 15 is 0 Å². The number of hydrogen-bond donors (Lipinski definition) is 2. The first-order valence-electron chi connectivity index (χ1n) is 7.41. The predicted octanol–water partition coefficient (Wildman–Crippen LogP) is 1.04. The minimum atomic E-state index is -0.739. The molecule has 2 N–H and O–H groups in total. The molecule has 5 heteroatoms. The molecule has 2 aliphatic rings. The van der Waals surface area contributed by atoms with Crippen molar-refractivity contribution in [2.24, 2.45) is 23.7 Å². The maximum atomic E-state index is 12.2. The molecule has 2 amide bonds. The van der Waals surface area contributed by atoms with Crippen molar-refractivity contribution in [1.82, 2.24) is 5.32 Å². The van der Waals surface area contributed by atoms with Crippen LogP contribution in [0.4, 0.5) is 0 Å². The molecule has 1 aliphatic carbocycles. The van der Waals surface area contributed by atoms with Gasteiger partial charge in [0.2, 0.25) is 11.8 Å². The highest BCUT2D eigenvalue weighted by Gasteiger charge is 2.38. The smallest absolute Gasteiger partial charge is 0.226 e. The summed E-state index contributed by atoms with van der Waals surface area (Å²) in [7, 11) is 0. The van der Waals surface area contributed by atoms with Crippen LogP contribution in [0.15, 0.2) is 0 Å². The second-order valence-electron chi connectivity index (χ2n) is 6.54. The lowest BCUT2D eigenvalue weighted by atomic mass is 9.71. The number of Topliss-reactive ketones (excluding diaryl/α,β-unsaturated/α-hetero) is 1. The van der Waals surface area contributed by atoms with Gasteiger partial charge >= 0.3 is 0 Å². The average Bonchev–Trinajstić information content (AvgIpc) is 2.32. The number of aliphatic hydroxyl groups is 1. The summed E-state index contributed by atoms with van der Waals surface area (Å²) < 4.78 is 0. The van der Waals surface area contributed by atoms with E-state index in [4.69, 9.17) is 0 Å². The van der Waals surface area contributed by atoms with Gasteiger partial charge in [0.1, 0.15) is 5.78 Å². The first-order chi connectivity index (χ1) is 9.36. The minimum Gasteiger partial charge on any atom is -0.392 e. The molecule has 0 radical (unpaired) electrons. The summed E-state index contributed by atoms with van der Waals surface area (Å²) in [5.74, 6) is -0.499. The van der Waals surface area contributed by atoms with Crippen LogP contribution in [0.25, 0.3) is 0 Å². The second-order valence-corrected chi connectivity index (χ2v) is 6.54. The van der Waals surface area contributed by atoms with E-state index in [1.54, 1.807) is 0 Å². The monoisotopic (exact) mass is 281 g/mol. The molecule has 1 saturated heterocycles. The summed E-state index contributed by atoms with van der Waals surface area (Å²) >= 11 is 0. The van der Waals surface area contributed by atoms with Gasteiger partial charge in [-0.05, 0) is 31.1 Å². The SMILES string of the molecule is C[C@@H]1C[C@@H](C)C(=O)[C@@H]([C@@H](O)CC2CC(=O)NC(=O)C2)C1. The molecule has 0 spiro atoms. The molecule has 0 bridgehead atoms. The number of imide groups is 1. The lowest BCUT2D eigenvalue weighted by Gasteiger charge is -2.34. The average molecular weight is 281 g/mol. The number of ketones is 1. The van der Waals surface area contributed by atoms with Crippen LogP contribution >= 0.6 is 0 Å². The Labute approximate surface area is 119 Å². The standard InChI is InChI=1S/C15H23NO4/c1-8-3-9(2)15(20)11(4-8)12(17)5-10-6-13(18)16-14(19)7-10/h8-12,17H,3-7H2,1-2H3,(H,16,18,19)/t8-,9-,11-,12+/m1/s1. The maximum absolute atomic E-state index is 12.2. The fourth-order valence-corrected chi connectivity index (χ4v) is 3.60. The molecule has 0 aromatic heterocycles. The van der Waals surface area contributed by atoms with Crippen molar-refractivity contribution < 1.29 is 19.5 Å². The summed E-state index contributed by atoms with van der Waals surface area (Å²) in [4.78, 5) is 34.8. The summed E-state index contributed by atoms with van der Waals surface area (Å²) in [6.45, 7) is 4.01. The number of piperidine rings is 1. The van der Waals surface area contributed by atoms with Crippen LogP contribution in [0, 0.1) is 23.7 Å². The zero-order valence-corrected chi connectivity index (χ0v) is 12.1. The lowest BCUT2D eigenvalue weighted by molar-refractivity contribution is -0.136. The first-order valence-corrected chi connectivity index (χ1v) is 7.41.